The number of fused-ring (bicyclic) bond motifs is 1. The number of rotatable bonds is 10. The SMILES string of the molecule is Cn1c(Nc2c(Cl)ccc(Cl)c2F)nc2cc(C(=O)CCCC3CCC(C(F)(F)F)CC3)c(OCC(F)F)nc21. The number of Topliss-reactive ketones (excluding diaryl/α,β-unsaturated/α-hetero) is 1. The summed E-state index contributed by atoms with van der Waals surface area (Å²) in [6.45, 7) is -0.993. The maximum atomic E-state index is 14.6. The standard InChI is InChI=1S/C26H26Cl2F6N4O2/c1-38-23-18(35-25(38)36-22-17(28)10-9-16(27)21(22)31)11-15(24(37-23)40-12-20(29)30)19(39)4-2-3-13-5-7-14(8-6-13)26(32,33)34/h9-11,13-14,20H,2-8,12H2,1H3,(H,35,36). The number of hydrogen-bond acceptors (Lipinski definition) is 5. The summed E-state index contributed by atoms with van der Waals surface area (Å²) >= 11 is 11.9. The second-order valence-electron chi connectivity index (χ2n) is 9.80. The van der Waals surface area contributed by atoms with Gasteiger partial charge in [0, 0.05) is 13.5 Å². The van der Waals surface area contributed by atoms with E-state index >= 15 is 0 Å². The molecule has 2 aromatic heterocycles. The van der Waals surface area contributed by atoms with Crippen LogP contribution in [-0.4, -0.2) is 39.5 Å². The molecule has 0 spiro atoms. The zero-order valence-corrected chi connectivity index (χ0v) is 22.8. The summed E-state index contributed by atoms with van der Waals surface area (Å²) in [4.78, 5) is 21.7. The van der Waals surface area contributed by atoms with Gasteiger partial charge in [-0.3, -0.25) is 9.36 Å². The first-order valence-corrected chi connectivity index (χ1v) is 13.4. The Hall–Kier alpha value is -2.73. The molecule has 2 heterocycles. The van der Waals surface area contributed by atoms with E-state index in [2.05, 4.69) is 15.3 Å². The Kier molecular flexibility index (Phi) is 9.39. The second-order valence-corrected chi connectivity index (χ2v) is 10.6. The van der Waals surface area contributed by atoms with E-state index in [1.54, 1.807) is 0 Å². The fourth-order valence-corrected chi connectivity index (χ4v) is 5.23. The summed E-state index contributed by atoms with van der Waals surface area (Å²) in [7, 11) is 1.53. The lowest BCUT2D eigenvalue weighted by atomic mass is 9.79. The first kappa shape index (κ1) is 30.2. The summed E-state index contributed by atoms with van der Waals surface area (Å²) in [5.74, 6) is -2.63. The number of nitrogens with zero attached hydrogens (tertiary/aromatic N) is 3. The van der Waals surface area contributed by atoms with Crippen molar-refractivity contribution in [2.75, 3.05) is 11.9 Å². The second kappa shape index (κ2) is 12.4. The highest BCUT2D eigenvalue weighted by molar-refractivity contribution is 6.35. The maximum Gasteiger partial charge on any atom is 0.391 e. The topological polar surface area (TPSA) is 69.0 Å². The van der Waals surface area contributed by atoms with Crippen molar-refractivity contribution in [1.82, 2.24) is 14.5 Å². The van der Waals surface area contributed by atoms with Crippen molar-refractivity contribution in [3.05, 3.63) is 39.6 Å². The highest BCUT2D eigenvalue weighted by Crippen LogP contribution is 2.41. The van der Waals surface area contributed by atoms with Crippen LogP contribution in [-0.2, 0) is 7.05 Å². The molecule has 0 radical (unpaired) electrons. The van der Waals surface area contributed by atoms with Gasteiger partial charge in [-0.1, -0.05) is 29.6 Å². The lowest BCUT2D eigenvalue weighted by Gasteiger charge is -2.29. The molecule has 6 nitrogen and oxygen atoms in total. The van der Waals surface area contributed by atoms with Gasteiger partial charge in [-0.15, -0.1) is 0 Å². The van der Waals surface area contributed by atoms with Crippen LogP contribution in [0.3, 0.4) is 0 Å². The number of aromatic nitrogens is 3. The van der Waals surface area contributed by atoms with Crippen LogP contribution in [0.4, 0.5) is 38.0 Å². The number of halogens is 8. The number of aryl methyl sites for hydroxylation is 1. The number of alkyl halides is 5. The van der Waals surface area contributed by atoms with Crippen LogP contribution >= 0.6 is 23.2 Å². The predicted molar refractivity (Wildman–Crippen MR) is 139 cm³/mol. The molecule has 14 heteroatoms. The van der Waals surface area contributed by atoms with Crippen molar-refractivity contribution in [1.29, 1.82) is 0 Å². The van der Waals surface area contributed by atoms with Gasteiger partial charge in [0.1, 0.15) is 5.52 Å². The molecule has 1 aliphatic rings. The average Bonchev–Trinajstić information content (AvgIpc) is 3.20. The number of ether oxygens (including phenoxy) is 1. The molecule has 0 atom stereocenters. The van der Waals surface area contributed by atoms with E-state index in [0.717, 1.165) is 0 Å². The Morgan fingerprint density at radius 3 is 2.48 bits per heavy atom. The zero-order valence-electron chi connectivity index (χ0n) is 21.3. The third kappa shape index (κ3) is 6.94. The third-order valence-electron chi connectivity index (χ3n) is 7.06. The van der Waals surface area contributed by atoms with Crippen molar-refractivity contribution >= 4 is 51.8 Å². The molecule has 40 heavy (non-hydrogen) atoms. The van der Waals surface area contributed by atoms with Crippen LogP contribution < -0.4 is 10.1 Å². The van der Waals surface area contributed by atoms with Gasteiger partial charge in [-0.2, -0.15) is 18.2 Å². The Labute approximate surface area is 236 Å². The van der Waals surface area contributed by atoms with Crippen LogP contribution in [0, 0.1) is 17.7 Å². The number of carbonyl (C=O) groups is 1. The molecule has 1 saturated carbocycles. The smallest absolute Gasteiger partial charge is 0.391 e. The number of nitrogens with one attached hydrogen (secondary N) is 1. The fraction of sp³-hybridized carbons (Fsp3) is 0.500. The first-order valence-electron chi connectivity index (χ1n) is 12.6. The summed E-state index contributed by atoms with van der Waals surface area (Å²) in [6.07, 6.45) is -4.95. The van der Waals surface area contributed by atoms with Crippen molar-refractivity contribution in [3.63, 3.8) is 0 Å². The molecule has 1 N–H and O–H groups in total. The molecule has 0 unspecified atom stereocenters. The quantitative estimate of drug-likeness (QED) is 0.141. The summed E-state index contributed by atoms with van der Waals surface area (Å²) < 4.78 is 85.7. The van der Waals surface area contributed by atoms with E-state index in [4.69, 9.17) is 27.9 Å². The first-order chi connectivity index (χ1) is 18.8. The van der Waals surface area contributed by atoms with Gasteiger partial charge in [-0.05, 0) is 56.2 Å². The number of anilines is 2. The molecule has 0 bridgehead atoms. The zero-order chi connectivity index (χ0) is 29.2. The third-order valence-corrected chi connectivity index (χ3v) is 7.67. The molecule has 0 saturated heterocycles. The molecular weight excluding hydrogens is 585 g/mol. The number of carbonyl (C=O) groups excluding carboxylic acids is 1. The minimum absolute atomic E-state index is 0.0265. The Bertz CT molecular complexity index is 1370. The van der Waals surface area contributed by atoms with Crippen molar-refractivity contribution < 1.29 is 35.9 Å². The largest absolute Gasteiger partial charge is 0.471 e. The van der Waals surface area contributed by atoms with Gasteiger partial charge in [0.25, 0.3) is 6.43 Å². The van der Waals surface area contributed by atoms with E-state index in [9.17, 15) is 31.1 Å². The van der Waals surface area contributed by atoms with E-state index < -0.39 is 36.7 Å². The van der Waals surface area contributed by atoms with Gasteiger partial charge in [0.05, 0.1) is 27.2 Å². The fourth-order valence-electron chi connectivity index (χ4n) is 4.88. The summed E-state index contributed by atoms with van der Waals surface area (Å²) in [5, 5.41) is 2.60. The summed E-state index contributed by atoms with van der Waals surface area (Å²) in [6, 6.07) is 4.05. The number of pyridine rings is 1. The maximum absolute atomic E-state index is 14.6. The Morgan fingerprint density at radius 2 is 1.82 bits per heavy atom. The monoisotopic (exact) mass is 610 g/mol. The number of imidazole rings is 1. The van der Waals surface area contributed by atoms with Gasteiger partial charge < -0.3 is 10.1 Å². The predicted octanol–water partition coefficient (Wildman–Crippen LogP) is 8.52. The molecule has 1 aliphatic carbocycles. The number of benzene rings is 1. The number of ketones is 1. The van der Waals surface area contributed by atoms with Crippen molar-refractivity contribution in [2.45, 2.75) is 57.5 Å². The van der Waals surface area contributed by atoms with Crippen LogP contribution in [0.5, 0.6) is 5.88 Å². The molecule has 1 fully saturated rings. The molecule has 0 amide bonds. The van der Waals surface area contributed by atoms with Gasteiger partial charge in [0.15, 0.2) is 23.9 Å². The normalized spacial score (nSPS) is 17.9. The molecule has 1 aromatic carbocycles. The number of hydrogen-bond donors (Lipinski definition) is 1. The van der Waals surface area contributed by atoms with Crippen LogP contribution in [0.25, 0.3) is 11.2 Å². The lowest BCUT2D eigenvalue weighted by Crippen LogP contribution is -2.27. The van der Waals surface area contributed by atoms with E-state index in [-0.39, 0.29) is 69.5 Å². The van der Waals surface area contributed by atoms with Gasteiger partial charge in [-0.25, -0.2) is 18.2 Å². The minimum Gasteiger partial charge on any atom is -0.471 e. The van der Waals surface area contributed by atoms with Crippen LogP contribution in [0.2, 0.25) is 10.0 Å². The van der Waals surface area contributed by atoms with Crippen molar-refractivity contribution in [3.8, 4) is 5.88 Å². The highest BCUT2D eigenvalue weighted by Gasteiger charge is 2.41. The van der Waals surface area contributed by atoms with Gasteiger partial charge in [0.2, 0.25) is 11.8 Å². The molecule has 4 rings (SSSR count). The summed E-state index contributed by atoms with van der Waals surface area (Å²) in [5.41, 5.74) is 0.193. The van der Waals surface area contributed by atoms with Crippen LogP contribution in [0.1, 0.15) is 55.3 Å². The van der Waals surface area contributed by atoms with E-state index in [1.807, 2.05) is 0 Å². The van der Waals surface area contributed by atoms with E-state index in [0.29, 0.717) is 25.7 Å². The molecule has 3 aromatic rings. The minimum atomic E-state index is -4.18. The van der Waals surface area contributed by atoms with Crippen molar-refractivity contribution in [2.24, 2.45) is 18.9 Å². The van der Waals surface area contributed by atoms with Crippen LogP contribution in [0.15, 0.2) is 18.2 Å². The molecule has 218 valence electrons. The highest BCUT2D eigenvalue weighted by atomic mass is 35.5. The van der Waals surface area contributed by atoms with E-state index in [1.165, 1.54) is 29.8 Å². The van der Waals surface area contributed by atoms with Gasteiger partial charge >= 0.3 is 6.18 Å². The molecule has 0 aliphatic heterocycles. The average molecular weight is 611 g/mol. The lowest BCUT2D eigenvalue weighted by molar-refractivity contribution is -0.184. The molecular formula is C26H26Cl2F6N4O2. The Balaban J connectivity index is 1.52. The Morgan fingerprint density at radius 1 is 1.15 bits per heavy atom.